The number of aryl methyl sites for hydroxylation is 1. The molecule has 0 aromatic heterocycles. The van der Waals surface area contributed by atoms with Gasteiger partial charge in [-0.15, -0.1) is 0 Å². The number of hydrogen-bond acceptors (Lipinski definition) is 1. The predicted molar refractivity (Wildman–Crippen MR) is 88.0 cm³/mol. The van der Waals surface area contributed by atoms with E-state index in [2.05, 4.69) is 19.2 Å². The first-order valence-electron chi connectivity index (χ1n) is 8.55. The summed E-state index contributed by atoms with van der Waals surface area (Å²) in [6.07, 6.45) is 6.31. The Morgan fingerprint density at radius 2 is 2.05 bits per heavy atom. The topological polar surface area (TPSA) is 12.0 Å². The first-order chi connectivity index (χ1) is 10.1. The molecule has 0 amide bonds. The maximum atomic E-state index is 13.3. The summed E-state index contributed by atoms with van der Waals surface area (Å²) in [5.74, 6) is 2.23. The van der Waals surface area contributed by atoms with Crippen LogP contribution in [0.25, 0.3) is 0 Å². The molecule has 0 radical (unpaired) electrons. The van der Waals surface area contributed by atoms with Gasteiger partial charge in [0.25, 0.3) is 0 Å². The average Bonchev–Trinajstić information content (AvgIpc) is 2.44. The number of halogens is 1. The third-order valence-corrected chi connectivity index (χ3v) is 5.02. The molecule has 1 nitrogen and oxygen atoms in total. The zero-order valence-electron chi connectivity index (χ0n) is 13.8. The van der Waals surface area contributed by atoms with Crippen molar-refractivity contribution in [1.29, 1.82) is 0 Å². The molecule has 21 heavy (non-hydrogen) atoms. The quantitative estimate of drug-likeness (QED) is 0.747. The van der Waals surface area contributed by atoms with Gasteiger partial charge in [-0.1, -0.05) is 26.3 Å². The lowest BCUT2D eigenvalue weighted by Crippen LogP contribution is -2.34. The Bertz CT molecular complexity index is 443. The first kappa shape index (κ1) is 16.5. The highest BCUT2D eigenvalue weighted by molar-refractivity contribution is 5.27. The summed E-state index contributed by atoms with van der Waals surface area (Å²) in [5.41, 5.74) is 2.43. The number of nitrogens with one attached hydrogen (secondary N) is 1. The van der Waals surface area contributed by atoms with Gasteiger partial charge in [0.1, 0.15) is 5.82 Å². The lowest BCUT2D eigenvalue weighted by atomic mass is 9.72. The minimum absolute atomic E-state index is 0.116. The van der Waals surface area contributed by atoms with E-state index in [4.69, 9.17) is 0 Å². The van der Waals surface area contributed by atoms with Crippen molar-refractivity contribution in [1.82, 2.24) is 5.32 Å². The third-order valence-electron chi connectivity index (χ3n) is 5.02. The fourth-order valence-electron chi connectivity index (χ4n) is 3.72. The largest absolute Gasteiger partial charge is 0.316 e. The van der Waals surface area contributed by atoms with Crippen LogP contribution in [0.1, 0.15) is 50.7 Å². The minimum Gasteiger partial charge on any atom is -0.316 e. The van der Waals surface area contributed by atoms with Crippen molar-refractivity contribution < 1.29 is 4.39 Å². The van der Waals surface area contributed by atoms with Crippen LogP contribution < -0.4 is 5.32 Å². The molecule has 0 spiro atoms. The Hall–Kier alpha value is -0.890. The fraction of sp³-hybridized carbons (Fsp3) is 0.684. The molecule has 2 rings (SSSR count). The number of benzene rings is 1. The van der Waals surface area contributed by atoms with Crippen molar-refractivity contribution in [3.05, 3.63) is 35.1 Å². The van der Waals surface area contributed by atoms with E-state index in [1.807, 2.05) is 13.0 Å². The molecule has 1 fully saturated rings. The van der Waals surface area contributed by atoms with Crippen molar-refractivity contribution in [2.24, 2.45) is 17.8 Å². The van der Waals surface area contributed by atoms with Crippen LogP contribution in [0.3, 0.4) is 0 Å². The van der Waals surface area contributed by atoms with Crippen LogP contribution in [0.15, 0.2) is 18.2 Å². The normalized spacial score (nSPS) is 26.0. The van der Waals surface area contributed by atoms with Crippen LogP contribution in [0, 0.1) is 30.5 Å². The van der Waals surface area contributed by atoms with Gasteiger partial charge in [0.15, 0.2) is 0 Å². The van der Waals surface area contributed by atoms with E-state index in [-0.39, 0.29) is 5.82 Å². The summed E-state index contributed by atoms with van der Waals surface area (Å²) in [5, 5.41) is 3.60. The summed E-state index contributed by atoms with van der Waals surface area (Å²) in [4.78, 5) is 0. The molecule has 1 aromatic rings. The van der Waals surface area contributed by atoms with Gasteiger partial charge in [0, 0.05) is 0 Å². The highest BCUT2D eigenvalue weighted by atomic mass is 19.1. The van der Waals surface area contributed by atoms with Crippen molar-refractivity contribution in [3.63, 3.8) is 0 Å². The van der Waals surface area contributed by atoms with Crippen LogP contribution in [0.4, 0.5) is 4.39 Å². The van der Waals surface area contributed by atoms with Gasteiger partial charge in [-0.3, -0.25) is 0 Å². The molecule has 1 N–H and O–H groups in total. The summed E-state index contributed by atoms with van der Waals surface area (Å²) in [6, 6.07) is 5.27. The molecule has 118 valence electrons. The summed E-state index contributed by atoms with van der Waals surface area (Å²) in [7, 11) is 0. The molecule has 3 unspecified atom stereocenters. The first-order valence-corrected chi connectivity index (χ1v) is 8.55. The average molecular weight is 291 g/mol. The highest BCUT2D eigenvalue weighted by Gasteiger charge is 2.28. The van der Waals surface area contributed by atoms with Crippen LogP contribution in [-0.2, 0) is 6.42 Å². The summed E-state index contributed by atoms with van der Waals surface area (Å²) in [6.45, 7) is 8.89. The van der Waals surface area contributed by atoms with E-state index < -0.39 is 0 Å². The highest BCUT2D eigenvalue weighted by Crippen LogP contribution is 2.36. The maximum absolute atomic E-state index is 13.3. The van der Waals surface area contributed by atoms with Crippen molar-refractivity contribution in [3.8, 4) is 0 Å². The molecule has 0 saturated heterocycles. The molecular formula is C19H30FN. The molecule has 3 atom stereocenters. The van der Waals surface area contributed by atoms with Gasteiger partial charge in [-0.05, 0) is 86.7 Å². The number of rotatable bonds is 6. The van der Waals surface area contributed by atoms with E-state index in [1.165, 1.54) is 31.2 Å². The zero-order valence-corrected chi connectivity index (χ0v) is 13.8. The van der Waals surface area contributed by atoms with Gasteiger partial charge < -0.3 is 5.32 Å². The Morgan fingerprint density at radius 3 is 2.76 bits per heavy atom. The van der Waals surface area contributed by atoms with Gasteiger partial charge in [-0.2, -0.15) is 0 Å². The molecule has 0 bridgehead atoms. The number of hydrogen-bond donors (Lipinski definition) is 1. The van der Waals surface area contributed by atoms with E-state index >= 15 is 0 Å². The van der Waals surface area contributed by atoms with Gasteiger partial charge >= 0.3 is 0 Å². The van der Waals surface area contributed by atoms with Crippen LogP contribution >= 0.6 is 0 Å². The van der Waals surface area contributed by atoms with Crippen molar-refractivity contribution >= 4 is 0 Å². The Morgan fingerprint density at radius 1 is 1.24 bits per heavy atom. The van der Waals surface area contributed by atoms with Crippen LogP contribution in [-0.4, -0.2) is 13.1 Å². The lowest BCUT2D eigenvalue weighted by Gasteiger charge is -2.35. The van der Waals surface area contributed by atoms with Crippen LogP contribution in [0.5, 0.6) is 0 Å². The van der Waals surface area contributed by atoms with Gasteiger partial charge in [0.05, 0.1) is 0 Å². The van der Waals surface area contributed by atoms with Gasteiger partial charge in [-0.25, -0.2) is 4.39 Å². The minimum atomic E-state index is -0.116. The van der Waals surface area contributed by atoms with E-state index in [1.54, 1.807) is 12.1 Å². The Labute approximate surface area is 129 Å². The predicted octanol–water partition coefficient (Wildman–Crippen LogP) is 4.73. The summed E-state index contributed by atoms with van der Waals surface area (Å²) < 4.78 is 13.3. The van der Waals surface area contributed by atoms with E-state index in [0.717, 1.165) is 42.8 Å². The smallest absolute Gasteiger partial charge is 0.123 e. The van der Waals surface area contributed by atoms with Crippen LogP contribution in [0.2, 0.25) is 0 Å². The van der Waals surface area contributed by atoms with Crippen molar-refractivity contribution in [2.75, 3.05) is 13.1 Å². The third kappa shape index (κ3) is 4.81. The maximum Gasteiger partial charge on any atom is 0.123 e. The molecule has 1 aromatic carbocycles. The second-order valence-electron chi connectivity index (χ2n) is 6.92. The molecular weight excluding hydrogens is 261 g/mol. The Balaban J connectivity index is 2.01. The zero-order chi connectivity index (χ0) is 15.2. The fourth-order valence-corrected chi connectivity index (χ4v) is 3.72. The second-order valence-corrected chi connectivity index (χ2v) is 6.92. The standard InChI is InChI=1S/C19H30FN/c1-4-9-21-13-17-6-5-14(2)10-18(17)12-16-7-8-19(20)11-15(16)3/h7-8,11,14,17-18,21H,4-6,9-10,12-13H2,1-3H3. The molecule has 1 aliphatic rings. The molecule has 1 saturated carbocycles. The molecule has 1 aliphatic carbocycles. The second kappa shape index (κ2) is 7.93. The summed E-state index contributed by atoms with van der Waals surface area (Å²) >= 11 is 0. The molecule has 2 heteroatoms. The van der Waals surface area contributed by atoms with E-state index in [0.29, 0.717) is 0 Å². The van der Waals surface area contributed by atoms with E-state index in [9.17, 15) is 4.39 Å². The molecule has 0 heterocycles. The monoisotopic (exact) mass is 291 g/mol. The molecule has 0 aliphatic heterocycles. The van der Waals surface area contributed by atoms with Crippen molar-refractivity contribution in [2.45, 2.75) is 52.9 Å². The lowest BCUT2D eigenvalue weighted by molar-refractivity contribution is 0.183. The van der Waals surface area contributed by atoms with Gasteiger partial charge in [0.2, 0.25) is 0 Å². The Kier molecular flexibility index (Phi) is 6.22. The SMILES string of the molecule is CCCNCC1CCC(C)CC1Cc1ccc(F)cc1C.